The highest BCUT2D eigenvalue weighted by Gasteiger charge is 2.25. The lowest BCUT2D eigenvalue weighted by Crippen LogP contribution is -2.23. The summed E-state index contributed by atoms with van der Waals surface area (Å²) in [4.78, 5) is 14.9. The summed E-state index contributed by atoms with van der Waals surface area (Å²) in [7, 11) is 0. The fourth-order valence-electron chi connectivity index (χ4n) is 2.06. The summed E-state index contributed by atoms with van der Waals surface area (Å²) in [5, 5.41) is 0. The van der Waals surface area contributed by atoms with Crippen molar-refractivity contribution in [1.82, 2.24) is 4.98 Å². The Hall–Kier alpha value is -1.18. The summed E-state index contributed by atoms with van der Waals surface area (Å²) in [6.45, 7) is 4.53. The molecule has 1 aliphatic carbocycles. The van der Waals surface area contributed by atoms with Crippen LogP contribution in [0, 0.1) is 5.41 Å². The van der Waals surface area contributed by atoms with Crippen LogP contribution in [0.1, 0.15) is 41.9 Å². The van der Waals surface area contributed by atoms with Gasteiger partial charge in [0.2, 0.25) is 0 Å². The molecule has 0 aliphatic heterocycles. The summed E-state index contributed by atoms with van der Waals surface area (Å²) in [6, 6.07) is 1.98. The summed E-state index contributed by atoms with van der Waals surface area (Å²) < 4.78 is 0. The zero-order valence-electron chi connectivity index (χ0n) is 8.71. The van der Waals surface area contributed by atoms with E-state index in [1.165, 1.54) is 17.7 Å². The second kappa shape index (κ2) is 3.19. The number of hydrogen-bond donors (Lipinski definition) is 0. The molecule has 2 heteroatoms. The first-order valence-electron chi connectivity index (χ1n) is 5.04. The Morgan fingerprint density at radius 1 is 1.50 bits per heavy atom. The monoisotopic (exact) mass is 189 g/mol. The Morgan fingerprint density at radius 3 is 3.00 bits per heavy atom. The van der Waals surface area contributed by atoms with Crippen LogP contribution in [0.2, 0.25) is 0 Å². The number of pyridine rings is 1. The van der Waals surface area contributed by atoms with E-state index in [1.807, 2.05) is 6.07 Å². The first kappa shape index (κ1) is 9.38. The number of carbonyl (C=O) groups is 1. The molecule has 1 aromatic heterocycles. The highest BCUT2D eigenvalue weighted by Crippen LogP contribution is 2.33. The van der Waals surface area contributed by atoms with Gasteiger partial charge in [-0.2, -0.15) is 0 Å². The minimum absolute atomic E-state index is 0.357. The second-order valence-electron chi connectivity index (χ2n) is 4.83. The highest BCUT2D eigenvalue weighted by atomic mass is 16.1. The van der Waals surface area contributed by atoms with Gasteiger partial charge in [-0.25, -0.2) is 0 Å². The molecule has 74 valence electrons. The Morgan fingerprint density at radius 2 is 2.29 bits per heavy atom. The molecule has 1 heterocycles. The van der Waals surface area contributed by atoms with Crippen molar-refractivity contribution in [2.75, 3.05) is 0 Å². The zero-order chi connectivity index (χ0) is 10.2. The van der Waals surface area contributed by atoms with Crippen molar-refractivity contribution >= 4 is 6.29 Å². The summed E-state index contributed by atoms with van der Waals surface area (Å²) in [6.07, 6.45) is 5.81. The molecular formula is C12H15NO. The number of rotatable bonds is 1. The number of nitrogens with zero attached hydrogens (tertiary/aromatic N) is 1. The predicted octanol–water partition coefficient (Wildman–Crippen LogP) is 2.41. The summed E-state index contributed by atoms with van der Waals surface area (Å²) in [5.41, 5.74) is 3.48. The quantitative estimate of drug-likeness (QED) is 0.635. The third-order valence-electron chi connectivity index (χ3n) is 2.92. The molecule has 0 amide bonds. The number of aryl methyl sites for hydroxylation is 1. The molecule has 0 radical (unpaired) electrons. The third-order valence-corrected chi connectivity index (χ3v) is 2.92. The van der Waals surface area contributed by atoms with Gasteiger partial charge in [0.1, 0.15) is 0 Å². The van der Waals surface area contributed by atoms with Gasteiger partial charge in [0.15, 0.2) is 6.29 Å². The van der Waals surface area contributed by atoms with Crippen molar-refractivity contribution < 1.29 is 4.79 Å². The largest absolute Gasteiger partial charge is 0.298 e. The average Bonchev–Trinajstić information content (AvgIpc) is 2.15. The van der Waals surface area contributed by atoms with Gasteiger partial charge in [-0.3, -0.25) is 9.78 Å². The molecule has 0 unspecified atom stereocenters. The Bertz CT molecular complexity index is 369. The van der Waals surface area contributed by atoms with Crippen LogP contribution in [0.15, 0.2) is 12.3 Å². The van der Waals surface area contributed by atoms with E-state index < -0.39 is 0 Å². The lowest BCUT2D eigenvalue weighted by molar-refractivity contribution is 0.112. The zero-order valence-corrected chi connectivity index (χ0v) is 8.71. The molecular weight excluding hydrogens is 174 g/mol. The maximum atomic E-state index is 10.6. The van der Waals surface area contributed by atoms with Gasteiger partial charge in [-0.15, -0.1) is 0 Å². The van der Waals surface area contributed by atoms with Crippen molar-refractivity contribution in [3.05, 3.63) is 29.1 Å². The van der Waals surface area contributed by atoms with E-state index in [0.29, 0.717) is 11.0 Å². The molecule has 1 aromatic rings. The lowest BCUT2D eigenvalue weighted by Gasteiger charge is -2.30. The standard InChI is InChI=1S/C12H15NO/c1-12(2)4-3-11-10(6-12)5-9(8-14)7-13-11/h5,7-8H,3-4,6H2,1-2H3. The minimum Gasteiger partial charge on any atom is -0.298 e. The molecule has 0 aromatic carbocycles. The summed E-state index contributed by atoms with van der Waals surface area (Å²) >= 11 is 0. The van der Waals surface area contributed by atoms with Crippen LogP contribution in [0.3, 0.4) is 0 Å². The molecule has 0 saturated heterocycles. The Balaban J connectivity index is 2.39. The van der Waals surface area contributed by atoms with Gasteiger partial charge in [-0.1, -0.05) is 13.8 Å². The van der Waals surface area contributed by atoms with Gasteiger partial charge in [0.25, 0.3) is 0 Å². The van der Waals surface area contributed by atoms with E-state index in [9.17, 15) is 4.79 Å². The van der Waals surface area contributed by atoms with Crippen LogP contribution in [0.25, 0.3) is 0 Å². The van der Waals surface area contributed by atoms with E-state index in [2.05, 4.69) is 18.8 Å². The van der Waals surface area contributed by atoms with E-state index in [0.717, 1.165) is 19.1 Å². The van der Waals surface area contributed by atoms with Gasteiger partial charge >= 0.3 is 0 Å². The van der Waals surface area contributed by atoms with Crippen LogP contribution in [-0.2, 0) is 12.8 Å². The Labute approximate surface area is 84.4 Å². The average molecular weight is 189 g/mol. The topological polar surface area (TPSA) is 30.0 Å². The van der Waals surface area contributed by atoms with E-state index in [4.69, 9.17) is 0 Å². The first-order chi connectivity index (χ1) is 6.61. The molecule has 0 fully saturated rings. The van der Waals surface area contributed by atoms with Crippen LogP contribution >= 0.6 is 0 Å². The maximum Gasteiger partial charge on any atom is 0.151 e. The SMILES string of the molecule is CC1(C)CCc2ncc(C=O)cc2C1. The van der Waals surface area contributed by atoms with Crippen LogP contribution in [0.4, 0.5) is 0 Å². The fraction of sp³-hybridized carbons (Fsp3) is 0.500. The number of aromatic nitrogens is 1. The number of aldehydes is 1. The van der Waals surface area contributed by atoms with E-state index in [1.54, 1.807) is 6.20 Å². The number of fused-ring (bicyclic) bond motifs is 1. The number of hydrogen-bond acceptors (Lipinski definition) is 2. The van der Waals surface area contributed by atoms with Crippen molar-refractivity contribution in [3.63, 3.8) is 0 Å². The normalized spacial score (nSPS) is 18.7. The summed E-state index contributed by atoms with van der Waals surface area (Å²) in [5.74, 6) is 0. The highest BCUT2D eigenvalue weighted by molar-refractivity contribution is 5.74. The van der Waals surface area contributed by atoms with Crippen molar-refractivity contribution in [3.8, 4) is 0 Å². The van der Waals surface area contributed by atoms with E-state index >= 15 is 0 Å². The van der Waals surface area contributed by atoms with Gasteiger partial charge in [-0.05, 0) is 36.3 Å². The molecule has 0 saturated carbocycles. The predicted molar refractivity (Wildman–Crippen MR) is 55.4 cm³/mol. The minimum atomic E-state index is 0.357. The van der Waals surface area contributed by atoms with Crippen LogP contribution < -0.4 is 0 Å². The lowest BCUT2D eigenvalue weighted by atomic mass is 9.76. The number of carbonyl (C=O) groups excluding carboxylic acids is 1. The van der Waals surface area contributed by atoms with Crippen molar-refractivity contribution in [2.24, 2.45) is 5.41 Å². The Kier molecular flexibility index (Phi) is 2.14. The third kappa shape index (κ3) is 1.69. The van der Waals surface area contributed by atoms with Crippen molar-refractivity contribution in [2.45, 2.75) is 33.1 Å². The molecule has 2 rings (SSSR count). The molecule has 2 nitrogen and oxygen atoms in total. The van der Waals surface area contributed by atoms with Gasteiger partial charge in [0.05, 0.1) is 0 Å². The molecule has 14 heavy (non-hydrogen) atoms. The molecule has 1 aliphatic rings. The van der Waals surface area contributed by atoms with Crippen LogP contribution in [0.5, 0.6) is 0 Å². The van der Waals surface area contributed by atoms with Gasteiger partial charge < -0.3 is 0 Å². The smallest absolute Gasteiger partial charge is 0.151 e. The molecule has 0 N–H and O–H groups in total. The van der Waals surface area contributed by atoms with Crippen LogP contribution in [-0.4, -0.2) is 11.3 Å². The fourth-order valence-corrected chi connectivity index (χ4v) is 2.06. The maximum absolute atomic E-state index is 10.6. The molecule has 0 atom stereocenters. The van der Waals surface area contributed by atoms with Crippen molar-refractivity contribution in [1.29, 1.82) is 0 Å². The second-order valence-corrected chi connectivity index (χ2v) is 4.83. The molecule has 0 bridgehead atoms. The van der Waals surface area contributed by atoms with Gasteiger partial charge in [0, 0.05) is 17.5 Å². The van der Waals surface area contributed by atoms with E-state index in [-0.39, 0.29) is 0 Å². The molecule has 0 spiro atoms. The first-order valence-corrected chi connectivity index (χ1v) is 5.04.